The minimum Gasteiger partial charge on any atom is -0.414 e. The molecule has 0 saturated carbocycles. The van der Waals surface area contributed by atoms with Crippen molar-refractivity contribution in [3.05, 3.63) is 12.7 Å². The van der Waals surface area contributed by atoms with E-state index >= 15 is 0 Å². The van der Waals surface area contributed by atoms with Gasteiger partial charge in [-0.25, -0.2) is 0 Å². The van der Waals surface area contributed by atoms with E-state index in [9.17, 15) is 0 Å². The predicted octanol–water partition coefficient (Wildman–Crippen LogP) is 7.64. The Balaban J connectivity index is 5.20. The van der Waals surface area contributed by atoms with Crippen molar-refractivity contribution in [1.82, 2.24) is 0 Å². The average molecular weight is 401 g/mol. The van der Waals surface area contributed by atoms with E-state index in [1.54, 1.807) is 0 Å². The van der Waals surface area contributed by atoms with Crippen LogP contribution in [0.4, 0.5) is 0 Å². The van der Waals surface area contributed by atoms with Gasteiger partial charge in [-0.15, -0.1) is 6.58 Å². The van der Waals surface area contributed by atoms with Gasteiger partial charge >= 0.3 is 0 Å². The van der Waals surface area contributed by atoms with Crippen LogP contribution in [-0.2, 0) is 8.85 Å². The van der Waals surface area contributed by atoms with Gasteiger partial charge in [0.05, 0.1) is 6.10 Å². The van der Waals surface area contributed by atoms with E-state index in [2.05, 4.69) is 88.1 Å². The van der Waals surface area contributed by atoms with Gasteiger partial charge in [-0.1, -0.05) is 61.5 Å². The fourth-order valence-corrected chi connectivity index (χ4v) is 7.63. The maximum Gasteiger partial charge on any atom is 0.192 e. The fourth-order valence-electron chi connectivity index (χ4n) is 3.16. The average Bonchev–Trinajstić information content (AvgIpc) is 2.56. The van der Waals surface area contributed by atoms with E-state index in [-0.39, 0.29) is 17.2 Å². The highest BCUT2D eigenvalue weighted by atomic mass is 28.4. The zero-order valence-electron chi connectivity index (χ0n) is 19.7. The van der Waals surface area contributed by atoms with Crippen molar-refractivity contribution in [3.63, 3.8) is 0 Å². The van der Waals surface area contributed by atoms with Crippen LogP contribution in [0.2, 0.25) is 36.3 Å². The van der Waals surface area contributed by atoms with Gasteiger partial charge in [0, 0.05) is 6.10 Å². The summed E-state index contributed by atoms with van der Waals surface area (Å²) >= 11 is 0. The van der Waals surface area contributed by atoms with E-state index in [4.69, 9.17) is 8.85 Å². The third kappa shape index (κ3) is 7.25. The van der Waals surface area contributed by atoms with Crippen LogP contribution in [-0.4, -0.2) is 28.8 Å². The van der Waals surface area contributed by atoms with Crippen molar-refractivity contribution >= 4 is 16.6 Å². The summed E-state index contributed by atoms with van der Waals surface area (Å²) in [7, 11) is -3.35. The van der Waals surface area contributed by atoms with E-state index in [1.165, 1.54) is 18.1 Å². The summed E-state index contributed by atoms with van der Waals surface area (Å²) in [5, 5.41) is 0.250. The first-order chi connectivity index (χ1) is 11.8. The van der Waals surface area contributed by atoms with Crippen LogP contribution in [0.3, 0.4) is 0 Å². The van der Waals surface area contributed by atoms with Gasteiger partial charge in [0.1, 0.15) is 0 Å². The number of hydrogen-bond donors (Lipinski definition) is 0. The molecule has 26 heavy (non-hydrogen) atoms. The molecule has 0 heterocycles. The summed E-state index contributed by atoms with van der Waals surface area (Å²) in [6.45, 7) is 29.4. The largest absolute Gasteiger partial charge is 0.414 e. The van der Waals surface area contributed by atoms with Crippen LogP contribution in [0.1, 0.15) is 68.7 Å². The Bertz CT molecular complexity index is 403. The summed E-state index contributed by atoms with van der Waals surface area (Å²) in [5.74, 6) is 0.864. The van der Waals surface area contributed by atoms with Gasteiger partial charge in [0.25, 0.3) is 0 Å². The second-order valence-electron chi connectivity index (χ2n) is 9.79. The van der Waals surface area contributed by atoms with Crippen molar-refractivity contribution in [1.29, 1.82) is 0 Å². The van der Waals surface area contributed by atoms with Crippen molar-refractivity contribution in [2.75, 3.05) is 0 Å². The molecule has 0 rings (SSSR count). The van der Waals surface area contributed by atoms with Crippen molar-refractivity contribution in [2.45, 2.75) is 117 Å². The second-order valence-corrected chi connectivity index (χ2v) is 19.3. The molecule has 0 aromatic heterocycles. The topological polar surface area (TPSA) is 18.5 Å². The Labute approximate surface area is 167 Å². The molecule has 0 aromatic carbocycles. The summed E-state index contributed by atoms with van der Waals surface area (Å²) in [5.41, 5.74) is 0. The van der Waals surface area contributed by atoms with Crippen LogP contribution < -0.4 is 0 Å². The zero-order valence-corrected chi connectivity index (χ0v) is 21.7. The van der Waals surface area contributed by atoms with Gasteiger partial charge < -0.3 is 8.85 Å². The van der Waals surface area contributed by atoms with Gasteiger partial charge in [-0.2, -0.15) is 0 Å². The SMILES string of the molecule is C=C[C@H](C)[C@@H](C[C@H](C)[C@H](C)O[Si](C)(C)C(C)(C)C)O[Si](CC)(CC)CC. The quantitative estimate of drug-likeness (QED) is 0.247. The minimum atomic E-state index is -1.74. The van der Waals surface area contributed by atoms with Gasteiger partial charge in [-0.3, -0.25) is 0 Å². The van der Waals surface area contributed by atoms with Crippen LogP contribution >= 0.6 is 0 Å². The summed E-state index contributed by atoms with van der Waals surface area (Å²) in [6.07, 6.45) is 3.65. The van der Waals surface area contributed by atoms with Crippen LogP contribution in [0.5, 0.6) is 0 Å². The molecule has 0 amide bonds. The molecule has 0 fully saturated rings. The van der Waals surface area contributed by atoms with Crippen molar-refractivity contribution in [2.24, 2.45) is 11.8 Å². The molecule has 156 valence electrons. The molecule has 4 atom stereocenters. The monoisotopic (exact) mass is 400 g/mol. The Morgan fingerprint density at radius 2 is 1.38 bits per heavy atom. The third-order valence-corrected chi connectivity index (χ3v) is 16.2. The molecule has 0 bridgehead atoms. The highest BCUT2D eigenvalue weighted by Gasteiger charge is 2.40. The van der Waals surface area contributed by atoms with Crippen LogP contribution in [0.25, 0.3) is 0 Å². The molecule has 0 saturated heterocycles. The molecule has 0 spiro atoms. The molecule has 0 N–H and O–H groups in total. The molecule has 0 unspecified atom stereocenters. The molecule has 0 aliphatic heterocycles. The molecule has 0 aliphatic rings. The first-order valence-electron chi connectivity index (χ1n) is 10.8. The lowest BCUT2D eigenvalue weighted by atomic mass is 9.92. The first kappa shape index (κ1) is 26.1. The molecule has 2 nitrogen and oxygen atoms in total. The van der Waals surface area contributed by atoms with Crippen molar-refractivity contribution < 1.29 is 8.85 Å². The predicted molar refractivity (Wildman–Crippen MR) is 123 cm³/mol. The van der Waals surface area contributed by atoms with Crippen LogP contribution in [0, 0.1) is 11.8 Å². The van der Waals surface area contributed by atoms with Gasteiger partial charge in [0.2, 0.25) is 0 Å². The standard InChI is InChI=1S/C22H48O2Si2/c1-13-18(5)21(24-26(14-2,15-3)16-4)17-19(6)20(7)23-25(11,12)22(8,9)10/h13,18-21H,1,14-17H2,2-12H3/t18-,19-,20-,21+/m0/s1. The Kier molecular flexibility index (Phi) is 10.6. The lowest BCUT2D eigenvalue weighted by molar-refractivity contribution is 0.0755. The second kappa shape index (κ2) is 10.6. The molecule has 0 radical (unpaired) electrons. The molecular weight excluding hydrogens is 352 g/mol. The van der Waals surface area contributed by atoms with E-state index in [0.29, 0.717) is 11.8 Å². The maximum atomic E-state index is 6.88. The summed E-state index contributed by atoms with van der Waals surface area (Å²) in [4.78, 5) is 0. The third-order valence-electron chi connectivity index (χ3n) is 6.98. The first-order valence-corrected chi connectivity index (χ1v) is 16.2. The van der Waals surface area contributed by atoms with Crippen molar-refractivity contribution in [3.8, 4) is 0 Å². The molecule has 0 aromatic rings. The highest BCUT2D eigenvalue weighted by Crippen LogP contribution is 2.39. The Morgan fingerprint density at radius 3 is 1.73 bits per heavy atom. The number of rotatable bonds is 12. The van der Waals surface area contributed by atoms with Gasteiger partial charge in [-0.05, 0) is 61.4 Å². The normalized spacial score (nSPS) is 18.3. The zero-order chi connectivity index (χ0) is 20.8. The smallest absolute Gasteiger partial charge is 0.192 e. The molecule has 4 heteroatoms. The van der Waals surface area contributed by atoms with E-state index < -0.39 is 16.6 Å². The van der Waals surface area contributed by atoms with E-state index in [0.717, 1.165) is 6.42 Å². The summed E-state index contributed by atoms with van der Waals surface area (Å²) in [6, 6.07) is 3.60. The number of hydrogen-bond acceptors (Lipinski definition) is 2. The maximum absolute atomic E-state index is 6.88. The van der Waals surface area contributed by atoms with Gasteiger partial charge in [0.15, 0.2) is 16.6 Å². The summed E-state index contributed by atoms with van der Waals surface area (Å²) < 4.78 is 13.5. The highest BCUT2D eigenvalue weighted by molar-refractivity contribution is 6.74. The lowest BCUT2D eigenvalue weighted by Crippen LogP contribution is -2.46. The Morgan fingerprint density at radius 1 is 0.923 bits per heavy atom. The fraction of sp³-hybridized carbons (Fsp3) is 0.909. The molecule has 0 aliphatic carbocycles. The van der Waals surface area contributed by atoms with Crippen LogP contribution in [0.15, 0.2) is 12.7 Å². The van der Waals surface area contributed by atoms with E-state index in [1.807, 2.05) is 0 Å². The Hall–Kier alpha value is 0.0938. The minimum absolute atomic E-state index is 0.250. The molecular formula is C22H48O2Si2. The lowest BCUT2D eigenvalue weighted by Gasteiger charge is -2.41.